The Morgan fingerprint density at radius 1 is 1.30 bits per heavy atom. The quantitative estimate of drug-likeness (QED) is 0.631. The number of aromatic amines is 1. The van der Waals surface area contributed by atoms with Gasteiger partial charge in [0, 0.05) is 21.1 Å². The fraction of sp³-hybridized carbons (Fsp3) is 0. The topological polar surface area (TPSA) is 83.8 Å². The predicted molar refractivity (Wildman–Crippen MR) is 82.6 cm³/mol. The first-order valence-corrected chi connectivity index (χ1v) is 6.73. The summed E-state index contributed by atoms with van der Waals surface area (Å²) in [5.41, 5.74) is 8.43. The molecule has 1 heterocycles. The van der Waals surface area contributed by atoms with Gasteiger partial charge in [0.15, 0.2) is 0 Å². The number of carbonyl (C=O) groups excluding carboxylic acids is 1. The Kier molecular flexibility index (Phi) is 3.15. The van der Waals surface area contributed by atoms with Gasteiger partial charge in [-0.1, -0.05) is 6.07 Å². The number of hydrogen-bond donors (Lipinski definition) is 3. The van der Waals surface area contributed by atoms with Gasteiger partial charge in [0.2, 0.25) is 0 Å². The maximum Gasteiger partial charge on any atom is 0.255 e. The van der Waals surface area contributed by atoms with E-state index in [1.165, 1.54) is 0 Å². The molecule has 4 N–H and O–H groups in total. The maximum atomic E-state index is 12.2. The van der Waals surface area contributed by atoms with E-state index in [1.54, 1.807) is 24.4 Å². The molecular formula is C14H11BrN4O. The van der Waals surface area contributed by atoms with Gasteiger partial charge in [-0.2, -0.15) is 5.10 Å². The van der Waals surface area contributed by atoms with Crippen LogP contribution >= 0.6 is 15.9 Å². The first-order chi connectivity index (χ1) is 9.65. The molecule has 0 bridgehead atoms. The minimum Gasteiger partial charge on any atom is -0.398 e. The molecule has 20 heavy (non-hydrogen) atoms. The van der Waals surface area contributed by atoms with Gasteiger partial charge in [0.1, 0.15) is 0 Å². The third-order valence-corrected chi connectivity index (χ3v) is 3.68. The molecule has 3 aromatic rings. The normalized spacial score (nSPS) is 10.7. The first kappa shape index (κ1) is 12.7. The molecule has 2 aromatic carbocycles. The van der Waals surface area contributed by atoms with Crippen molar-refractivity contribution in [3.63, 3.8) is 0 Å². The Hall–Kier alpha value is -2.34. The number of hydrogen-bond acceptors (Lipinski definition) is 3. The lowest BCUT2D eigenvalue weighted by Gasteiger charge is -2.07. The number of anilines is 2. The lowest BCUT2D eigenvalue weighted by Crippen LogP contribution is -2.12. The van der Waals surface area contributed by atoms with E-state index in [4.69, 9.17) is 5.73 Å². The molecule has 1 aromatic heterocycles. The monoisotopic (exact) mass is 330 g/mol. The predicted octanol–water partition coefficient (Wildman–Crippen LogP) is 3.16. The number of nitrogens with one attached hydrogen (secondary N) is 2. The summed E-state index contributed by atoms with van der Waals surface area (Å²) in [4.78, 5) is 12.2. The van der Waals surface area contributed by atoms with Crippen LogP contribution in [0.25, 0.3) is 10.9 Å². The van der Waals surface area contributed by atoms with Gasteiger partial charge >= 0.3 is 0 Å². The third-order valence-electron chi connectivity index (χ3n) is 3.00. The van der Waals surface area contributed by atoms with E-state index >= 15 is 0 Å². The molecule has 0 aliphatic rings. The number of aromatic nitrogens is 2. The van der Waals surface area contributed by atoms with Crippen LogP contribution in [0.5, 0.6) is 0 Å². The molecule has 0 fully saturated rings. The van der Waals surface area contributed by atoms with Gasteiger partial charge in [-0.05, 0) is 46.3 Å². The van der Waals surface area contributed by atoms with E-state index in [-0.39, 0.29) is 5.91 Å². The van der Waals surface area contributed by atoms with Gasteiger partial charge in [-0.15, -0.1) is 0 Å². The summed E-state index contributed by atoms with van der Waals surface area (Å²) >= 11 is 3.31. The fourth-order valence-corrected chi connectivity index (χ4v) is 2.32. The second kappa shape index (κ2) is 4.97. The molecule has 0 saturated carbocycles. The zero-order valence-corrected chi connectivity index (χ0v) is 11.9. The van der Waals surface area contributed by atoms with E-state index in [1.807, 2.05) is 18.2 Å². The highest BCUT2D eigenvalue weighted by atomic mass is 79.9. The SMILES string of the molecule is Nc1ccc(C(=O)Nc2cccc3[nH]ncc23)cc1Br. The van der Waals surface area contributed by atoms with Crippen LogP contribution in [0, 0.1) is 0 Å². The van der Waals surface area contributed by atoms with Crippen molar-refractivity contribution in [1.82, 2.24) is 10.2 Å². The second-order valence-electron chi connectivity index (χ2n) is 4.33. The molecule has 0 radical (unpaired) electrons. The van der Waals surface area contributed by atoms with Crippen LogP contribution in [0.4, 0.5) is 11.4 Å². The van der Waals surface area contributed by atoms with E-state index < -0.39 is 0 Å². The number of nitrogens with zero attached hydrogens (tertiary/aromatic N) is 1. The van der Waals surface area contributed by atoms with Crippen molar-refractivity contribution in [2.75, 3.05) is 11.1 Å². The summed E-state index contributed by atoms with van der Waals surface area (Å²) in [5, 5.41) is 10.6. The minimum absolute atomic E-state index is 0.195. The molecule has 0 spiro atoms. The van der Waals surface area contributed by atoms with Crippen molar-refractivity contribution >= 4 is 44.1 Å². The van der Waals surface area contributed by atoms with E-state index in [9.17, 15) is 4.79 Å². The van der Waals surface area contributed by atoms with Crippen LogP contribution in [0.2, 0.25) is 0 Å². The van der Waals surface area contributed by atoms with Crippen LogP contribution < -0.4 is 11.1 Å². The Bertz CT molecular complexity index is 797. The first-order valence-electron chi connectivity index (χ1n) is 5.93. The van der Waals surface area contributed by atoms with Gasteiger partial charge in [0.25, 0.3) is 5.91 Å². The average Bonchev–Trinajstić information content (AvgIpc) is 2.91. The van der Waals surface area contributed by atoms with Crippen LogP contribution in [0.15, 0.2) is 47.1 Å². The number of fused-ring (bicyclic) bond motifs is 1. The smallest absolute Gasteiger partial charge is 0.255 e. The molecule has 0 aliphatic heterocycles. The minimum atomic E-state index is -0.195. The summed E-state index contributed by atoms with van der Waals surface area (Å²) in [6.45, 7) is 0. The molecule has 100 valence electrons. The van der Waals surface area contributed by atoms with Crippen LogP contribution in [-0.4, -0.2) is 16.1 Å². The summed E-state index contributed by atoms with van der Waals surface area (Å²) in [5.74, 6) is -0.195. The number of amides is 1. The van der Waals surface area contributed by atoms with Gasteiger partial charge in [-0.25, -0.2) is 0 Å². The lowest BCUT2D eigenvalue weighted by atomic mass is 10.1. The molecule has 0 atom stereocenters. The van der Waals surface area contributed by atoms with E-state index in [2.05, 4.69) is 31.4 Å². The number of H-pyrrole nitrogens is 1. The molecule has 6 heteroatoms. The van der Waals surface area contributed by atoms with Crippen LogP contribution in [0.1, 0.15) is 10.4 Å². The molecule has 0 saturated heterocycles. The van der Waals surface area contributed by atoms with Crippen molar-refractivity contribution < 1.29 is 4.79 Å². The van der Waals surface area contributed by atoms with E-state index in [0.29, 0.717) is 21.4 Å². The van der Waals surface area contributed by atoms with Gasteiger partial charge in [-0.3, -0.25) is 9.89 Å². The Balaban J connectivity index is 1.92. The number of nitrogen functional groups attached to an aromatic ring is 1. The molecule has 0 aliphatic carbocycles. The molecular weight excluding hydrogens is 320 g/mol. The summed E-state index contributed by atoms with van der Waals surface area (Å²) in [6, 6.07) is 10.7. The van der Waals surface area contributed by atoms with Gasteiger partial charge in [0.05, 0.1) is 17.4 Å². The Morgan fingerprint density at radius 2 is 2.15 bits per heavy atom. The lowest BCUT2D eigenvalue weighted by molar-refractivity contribution is 0.102. The third kappa shape index (κ3) is 2.25. The van der Waals surface area contributed by atoms with Crippen molar-refractivity contribution in [3.05, 3.63) is 52.6 Å². The van der Waals surface area contributed by atoms with Crippen molar-refractivity contribution in [2.24, 2.45) is 0 Å². The number of nitrogens with two attached hydrogens (primary N) is 1. The second-order valence-corrected chi connectivity index (χ2v) is 5.18. The zero-order valence-electron chi connectivity index (χ0n) is 10.4. The van der Waals surface area contributed by atoms with Crippen molar-refractivity contribution in [2.45, 2.75) is 0 Å². The summed E-state index contributed by atoms with van der Waals surface area (Å²) in [6.07, 6.45) is 1.68. The number of rotatable bonds is 2. The largest absolute Gasteiger partial charge is 0.398 e. The summed E-state index contributed by atoms with van der Waals surface area (Å²) < 4.78 is 0.701. The molecule has 5 nitrogen and oxygen atoms in total. The maximum absolute atomic E-state index is 12.2. The van der Waals surface area contributed by atoms with Crippen LogP contribution in [-0.2, 0) is 0 Å². The number of carbonyl (C=O) groups is 1. The highest BCUT2D eigenvalue weighted by molar-refractivity contribution is 9.10. The van der Waals surface area contributed by atoms with E-state index in [0.717, 1.165) is 10.9 Å². The summed E-state index contributed by atoms with van der Waals surface area (Å²) in [7, 11) is 0. The zero-order chi connectivity index (χ0) is 14.1. The average molecular weight is 331 g/mol. The highest BCUT2D eigenvalue weighted by Gasteiger charge is 2.10. The van der Waals surface area contributed by atoms with Gasteiger partial charge < -0.3 is 11.1 Å². The van der Waals surface area contributed by atoms with Crippen LogP contribution in [0.3, 0.4) is 0 Å². The Labute approximate surface area is 123 Å². The number of halogens is 1. The highest BCUT2D eigenvalue weighted by Crippen LogP contribution is 2.24. The molecule has 0 unspecified atom stereocenters. The standard InChI is InChI=1S/C14H11BrN4O/c15-10-6-8(4-5-11(10)16)14(20)18-12-2-1-3-13-9(12)7-17-19-13/h1-7H,16H2,(H,17,19)(H,18,20). The fourth-order valence-electron chi connectivity index (χ4n) is 1.94. The molecule has 1 amide bonds. The molecule has 3 rings (SSSR count). The van der Waals surface area contributed by atoms with Crippen molar-refractivity contribution in [3.8, 4) is 0 Å². The van der Waals surface area contributed by atoms with Crippen molar-refractivity contribution in [1.29, 1.82) is 0 Å². The number of benzene rings is 2. The Morgan fingerprint density at radius 3 is 2.95 bits per heavy atom.